The second-order valence-corrected chi connectivity index (χ2v) is 3.53. The van der Waals surface area contributed by atoms with E-state index in [-0.39, 0.29) is 5.56 Å². The van der Waals surface area contributed by atoms with Crippen molar-refractivity contribution in [1.82, 2.24) is 0 Å². The number of primary amides is 1. The number of amides is 1. The van der Waals surface area contributed by atoms with Crippen LogP contribution in [0.1, 0.15) is 5.56 Å². The first kappa shape index (κ1) is 13.5. The lowest BCUT2D eigenvalue weighted by atomic mass is 10.00. The molecule has 0 saturated carbocycles. The highest BCUT2D eigenvalue weighted by Gasteiger charge is 2.60. The van der Waals surface area contributed by atoms with Crippen LogP contribution >= 0.6 is 0 Å². The van der Waals surface area contributed by atoms with Gasteiger partial charge in [0, 0.05) is 13.5 Å². The third kappa shape index (κ3) is 2.58. The van der Waals surface area contributed by atoms with E-state index < -0.39 is 24.1 Å². The summed E-state index contributed by atoms with van der Waals surface area (Å²) in [7, 11) is 0.764. The summed E-state index contributed by atoms with van der Waals surface area (Å²) in [6, 6.07) is 7.68. The maximum absolute atomic E-state index is 14.0. The fraction of sp³-hybridized carbons (Fsp3) is 0.364. The van der Waals surface area contributed by atoms with Crippen molar-refractivity contribution in [3.05, 3.63) is 35.9 Å². The molecular formula is C11H12F3NO2. The van der Waals surface area contributed by atoms with Crippen LogP contribution in [0.5, 0.6) is 0 Å². The van der Waals surface area contributed by atoms with Gasteiger partial charge in [-0.15, -0.1) is 0 Å². The SMILES string of the molecule is COC(F)(Cc1ccccc1)C(F)(F)C(N)=O. The molecule has 2 N–H and O–H groups in total. The van der Waals surface area contributed by atoms with E-state index in [1.165, 1.54) is 12.1 Å². The van der Waals surface area contributed by atoms with Crippen LogP contribution in [-0.2, 0) is 16.0 Å². The van der Waals surface area contributed by atoms with Gasteiger partial charge in [-0.2, -0.15) is 8.78 Å². The molecule has 0 aromatic heterocycles. The Morgan fingerprint density at radius 1 is 1.29 bits per heavy atom. The Labute approximate surface area is 96.4 Å². The van der Waals surface area contributed by atoms with Gasteiger partial charge in [-0.25, -0.2) is 4.39 Å². The summed E-state index contributed by atoms with van der Waals surface area (Å²) in [5.41, 5.74) is 4.75. The first-order valence-corrected chi connectivity index (χ1v) is 4.79. The molecule has 6 heteroatoms. The number of halogens is 3. The smallest absolute Gasteiger partial charge is 0.364 e. The number of rotatable bonds is 5. The Morgan fingerprint density at radius 2 is 1.82 bits per heavy atom. The normalized spacial score (nSPS) is 15.3. The molecule has 1 rings (SSSR count). The van der Waals surface area contributed by atoms with Gasteiger partial charge in [-0.3, -0.25) is 4.79 Å². The predicted molar refractivity (Wildman–Crippen MR) is 55.1 cm³/mol. The lowest BCUT2D eigenvalue weighted by Crippen LogP contribution is -2.55. The molecule has 1 aromatic carbocycles. The minimum atomic E-state index is -4.39. The Kier molecular flexibility index (Phi) is 3.77. The number of hydrogen-bond acceptors (Lipinski definition) is 2. The fourth-order valence-electron chi connectivity index (χ4n) is 1.35. The van der Waals surface area contributed by atoms with Gasteiger partial charge < -0.3 is 10.5 Å². The Balaban J connectivity index is 3.01. The van der Waals surface area contributed by atoms with Gasteiger partial charge in [0.15, 0.2) is 0 Å². The summed E-state index contributed by atoms with van der Waals surface area (Å²) in [6.07, 6.45) is -0.764. The zero-order chi connectivity index (χ0) is 13.1. The van der Waals surface area contributed by atoms with E-state index in [0.717, 1.165) is 7.11 Å². The Hall–Kier alpha value is -1.56. The van der Waals surface area contributed by atoms with Crippen molar-refractivity contribution in [2.75, 3.05) is 7.11 Å². The van der Waals surface area contributed by atoms with Crippen molar-refractivity contribution in [3.63, 3.8) is 0 Å². The standard InChI is InChI=1S/C11H12F3NO2/c1-17-10(12,11(13,14)9(15)16)7-8-5-3-2-4-6-8/h2-6H,7H2,1H3,(H2,15,16). The van der Waals surface area contributed by atoms with Crippen LogP contribution in [-0.4, -0.2) is 24.8 Å². The minimum Gasteiger partial charge on any atom is -0.364 e. The van der Waals surface area contributed by atoms with Crippen LogP contribution < -0.4 is 5.73 Å². The lowest BCUT2D eigenvalue weighted by Gasteiger charge is -2.29. The maximum Gasteiger partial charge on any atom is 0.381 e. The first-order chi connectivity index (χ1) is 7.83. The van der Waals surface area contributed by atoms with E-state index in [9.17, 15) is 18.0 Å². The van der Waals surface area contributed by atoms with Crippen molar-refractivity contribution in [2.24, 2.45) is 5.73 Å². The fourth-order valence-corrected chi connectivity index (χ4v) is 1.35. The van der Waals surface area contributed by atoms with Crippen molar-refractivity contribution in [1.29, 1.82) is 0 Å². The molecule has 0 bridgehead atoms. The van der Waals surface area contributed by atoms with Crippen LogP contribution in [0.25, 0.3) is 0 Å². The number of nitrogens with two attached hydrogens (primary N) is 1. The van der Waals surface area contributed by atoms with E-state index in [1.54, 1.807) is 18.2 Å². The molecule has 0 aliphatic carbocycles. The molecule has 1 amide bonds. The maximum atomic E-state index is 14.0. The summed E-state index contributed by atoms with van der Waals surface area (Å²) >= 11 is 0. The van der Waals surface area contributed by atoms with Gasteiger partial charge >= 0.3 is 5.92 Å². The van der Waals surface area contributed by atoms with Crippen LogP contribution in [0.2, 0.25) is 0 Å². The second kappa shape index (κ2) is 4.75. The number of hydrogen-bond donors (Lipinski definition) is 1. The minimum absolute atomic E-state index is 0.276. The number of carbonyl (C=O) groups is 1. The number of ether oxygens (including phenoxy) is 1. The van der Waals surface area contributed by atoms with Gasteiger partial charge in [0.05, 0.1) is 0 Å². The molecule has 0 aliphatic heterocycles. The van der Waals surface area contributed by atoms with E-state index in [2.05, 4.69) is 10.5 Å². The second-order valence-electron chi connectivity index (χ2n) is 3.53. The molecule has 1 unspecified atom stereocenters. The molecule has 0 saturated heterocycles. The summed E-state index contributed by atoms with van der Waals surface area (Å²) in [5, 5.41) is 0. The van der Waals surface area contributed by atoms with Gasteiger partial charge in [-0.1, -0.05) is 30.3 Å². The molecule has 0 spiro atoms. The van der Waals surface area contributed by atoms with Gasteiger partial charge in [0.2, 0.25) is 0 Å². The number of methoxy groups -OCH3 is 1. The zero-order valence-corrected chi connectivity index (χ0v) is 9.12. The van der Waals surface area contributed by atoms with Crippen LogP contribution in [0.4, 0.5) is 13.2 Å². The van der Waals surface area contributed by atoms with Crippen molar-refractivity contribution in [3.8, 4) is 0 Å². The molecule has 17 heavy (non-hydrogen) atoms. The first-order valence-electron chi connectivity index (χ1n) is 4.79. The van der Waals surface area contributed by atoms with Crippen molar-refractivity contribution in [2.45, 2.75) is 18.2 Å². The largest absolute Gasteiger partial charge is 0.381 e. The molecule has 3 nitrogen and oxygen atoms in total. The highest BCUT2D eigenvalue weighted by Crippen LogP contribution is 2.36. The molecule has 0 fully saturated rings. The van der Waals surface area contributed by atoms with Gasteiger partial charge in [0.1, 0.15) is 0 Å². The number of alkyl halides is 3. The number of carbonyl (C=O) groups excluding carboxylic acids is 1. The third-order valence-electron chi connectivity index (χ3n) is 2.38. The van der Waals surface area contributed by atoms with E-state index in [4.69, 9.17) is 0 Å². The molecule has 1 atom stereocenters. The summed E-state index contributed by atoms with van der Waals surface area (Å²) in [4.78, 5) is 10.6. The monoisotopic (exact) mass is 247 g/mol. The van der Waals surface area contributed by atoms with Gasteiger partial charge in [-0.05, 0) is 5.56 Å². The highest BCUT2D eigenvalue weighted by atomic mass is 19.3. The molecule has 94 valence electrons. The zero-order valence-electron chi connectivity index (χ0n) is 9.12. The van der Waals surface area contributed by atoms with Crippen LogP contribution in [0.15, 0.2) is 30.3 Å². The summed E-state index contributed by atoms with van der Waals surface area (Å²) in [6.45, 7) is 0. The quantitative estimate of drug-likeness (QED) is 0.860. The van der Waals surface area contributed by atoms with E-state index in [0.29, 0.717) is 0 Å². The third-order valence-corrected chi connectivity index (χ3v) is 2.38. The Morgan fingerprint density at radius 3 is 2.24 bits per heavy atom. The van der Waals surface area contributed by atoms with Crippen LogP contribution in [0.3, 0.4) is 0 Å². The van der Waals surface area contributed by atoms with E-state index in [1.807, 2.05) is 0 Å². The predicted octanol–water partition coefficient (Wildman–Crippen LogP) is 1.66. The summed E-state index contributed by atoms with van der Waals surface area (Å²) < 4.78 is 44.7. The molecular weight excluding hydrogens is 235 g/mol. The Bertz CT molecular complexity index is 397. The van der Waals surface area contributed by atoms with Gasteiger partial charge in [0.25, 0.3) is 11.8 Å². The van der Waals surface area contributed by atoms with Crippen molar-refractivity contribution < 1.29 is 22.7 Å². The molecule has 1 aromatic rings. The molecule has 0 heterocycles. The number of benzene rings is 1. The van der Waals surface area contributed by atoms with Crippen LogP contribution in [0, 0.1) is 0 Å². The molecule has 0 aliphatic rings. The molecule has 0 radical (unpaired) electrons. The topological polar surface area (TPSA) is 52.3 Å². The highest BCUT2D eigenvalue weighted by molar-refractivity contribution is 5.82. The van der Waals surface area contributed by atoms with Crippen molar-refractivity contribution >= 4 is 5.91 Å². The van der Waals surface area contributed by atoms with E-state index >= 15 is 0 Å². The average molecular weight is 247 g/mol. The summed E-state index contributed by atoms with van der Waals surface area (Å²) in [5.74, 6) is -9.89. The lowest BCUT2D eigenvalue weighted by molar-refractivity contribution is -0.254. The average Bonchev–Trinajstić information content (AvgIpc) is 2.29.